The van der Waals surface area contributed by atoms with E-state index >= 15 is 0 Å². The van der Waals surface area contributed by atoms with E-state index in [1.165, 1.54) is 4.90 Å². The molecule has 1 unspecified atom stereocenters. The summed E-state index contributed by atoms with van der Waals surface area (Å²) in [6.45, 7) is 4.71. The van der Waals surface area contributed by atoms with Gasteiger partial charge in [0.05, 0.1) is 6.61 Å². The van der Waals surface area contributed by atoms with Gasteiger partial charge in [-0.3, -0.25) is 4.99 Å². The number of aliphatic imine (C=N–C) groups is 1. The molecule has 6 nitrogen and oxygen atoms in total. The highest BCUT2D eigenvalue weighted by Crippen LogP contribution is 2.21. The van der Waals surface area contributed by atoms with Crippen LogP contribution in [0.4, 0.5) is 0 Å². The number of nitrogens with zero attached hydrogens (tertiary/aromatic N) is 2. The monoisotopic (exact) mass is 516 g/mol. The zero-order valence-corrected chi connectivity index (χ0v) is 19.7. The smallest absolute Gasteiger partial charge is 0.213 e. The second-order valence-electron chi connectivity index (χ2n) is 5.89. The highest BCUT2D eigenvalue weighted by atomic mass is 127. The van der Waals surface area contributed by atoms with Crippen molar-refractivity contribution in [2.45, 2.75) is 23.6 Å². The van der Waals surface area contributed by atoms with E-state index in [1.54, 1.807) is 20.4 Å². The molecule has 2 rings (SSSR count). The van der Waals surface area contributed by atoms with E-state index < -0.39 is 0 Å². The summed E-state index contributed by atoms with van der Waals surface area (Å²) in [6.07, 6.45) is 1.80. The van der Waals surface area contributed by atoms with Gasteiger partial charge in [-0.1, -0.05) is 31.2 Å². The maximum absolute atomic E-state index is 5.47. The van der Waals surface area contributed by atoms with E-state index in [4.69, 9.17) is 9.47 Å². The molecule has 0 fully saturated rings. The number of hydrogen-bond donors (Lipinski definition) is 2. The van der Waals surface area contributed by atoms with Crippen molar-refractivity contribution in [1.82, 2.24) is 15.6 Å². The Kier molecular flexibility index (Phi) is 12.7. The van der Waals surface area contributed by atoms with Crippen LogP contribution in [0.1, 0.15) is 12.5 Å². The highest BCUT2D eigenvalue weighted by molar-refractivity contribution is 14.0. The van der Waals surface area contributed by atoms with Crippen LogP contribution in [-0.4, -0.2) is 50.1 Å². The van der Waals surface area contributed by atoms with Crippen LogP contribution in [0.3, 0.4) is 0 Å². The van der Waals surface area contributed by atoms with Crippen LogP contribution in [0.2, 0.25) is 0 Å². The quantitative estimate of drug-likeness (QED) is 0.166. The number of aromatic nitrogens is 1. The number of thioether (sulfide) groups is 1. The summed E-state index contributed by atoms with van der Waals surface area (Å²) in [6, 6.07) is 14.3. The zero-order valence-electron chi connectivity index (χ0n) is 16.6. The second kappa shape index (κ2) is 14.5. The molecule has 1 atom stereocenters. The summed E-state index contributed by atoms with van der Waals surface area (Å²) >= 11 is 1.84. The number of guanidine groups is 1. The average molecular weight is 516 g/mol. The number of hydrogen-bond acceptors (Lipinski definition) is 5. The van der Waals surface area contributed by atoms with Gasteiger partial charge in [0.1, 0.15) is 6.61 Å². The Balaban J connectivity index is 0.00000392. The van der Waals surface area contributed by atoms with Gasteiger partial charge >= 0.3 is 0 Å². The molecule has 0 radical (unpaired) electrons. The van der Waals surface area contributed by atoms with Crippen LogP contribution in [0.15, 0.2) is 58.5 Å². The molecule has 0 aliphatic carbocycles. The SMILES string of the molecule is CN=C(NCc1ccc(OCCOC)nc1)NCC(C)Sc1ccccc1.I. The fraction of sp³-hybridized carbons (Fsp3) is 0.400. The normalized spacial score (nSPS) is 12.0. The number of halogens is 1. The number of ether oxygens (including phenoxy) is 2. The Bertz CT molecular complexity index is 686. The Morgan fingerprint density at radius 1 is 1.14 bits per heavy atom. The third kappa shape index (κ3) is 9.61. The van der Waals surface area contributed by atoms with Crippen LogP contribution in [0.5, 0.6) is 5.88 Å². The van der Waals surface area contributed by atoms with Crippen LogP contribution >= 0.6 is 35.7 Å². The molecular weight excluding hydrogens is 487 g/mol. The van der Waals surface area contributed by atoms with Crippen LogP contribution < -0.4 is 15.4 Å². The van der Waals surface area contributed by atoms with E-state index in [9.17, 15) is 0 Å². The van der Waals surface area contributed by atoms with Gasteiger partial charge in [-0.2, -0.15) is 0 Å². The third-order valence-electron chi connectivity index (χ3n) is 3.66. The first-order chi connectivity index (χ1) is 13.2. The molecule has 1 aromatic heterocycles. The van der Waals surface area contributed by atoms with Crippen molar-refractivity contribution in [3.8, 4) is 5.88 Å². The summed E-state index contributed by atoms with van der Waals surface area (Å²) in [5.41, 5.74) is 1.06. The minimum absolute atomic E-state index is 0. The maximum atomic E-state index is 5.47. The summed E-state index contributed by atoms with van der Waals surface area (Å²) in [7, 11) is 3.42. The van der Waals surface area contributed by atoms with Gasteiger partial charge in [0.15, 0.2) is 5.96 Å². The number of rotatable bonds is 10. The lowest BCUT2D eigenvalue weighted by atomic mass is 10.3. The highest BCUT2D eigenvalue weighted by Gasteiger charge is 2.06. The molecule has 154 valence electrons. The first-order valence-electron chi connectivity index (χ1n) is 8.94. The van der Waals surface area contributed by atoms with Crippen molar-refractivity contribution in [2.75, 3.05) is 33.9 Å². The van der Waals surface area contributed by atoms with E-state index in [1.807, 2.05) is 30.0 Å². The van der Waals surface area contributed by atoms with E-state index in [-0.39, 0.29) is 24.0 Å². The van der Waals surface area contributed by atoms with Crippen molar-refractivity contribution in [1.29, 1.82) is 0 Å². The predicted molar refractivity (Wildman–Crippen MR) is 127 cm³/mol. The molecule has 0 saturated carbocycles. The molecule has 0 aliphatic rings. The molecule has 0 bridgehead atoms. The Hall–Kier alpha value is -1.52. The molecule has 0 amide bonds. The Morgan fingerprint density at radius 3 is 2.57 bits per heavy atom. The molecule has 0 saturated heterocycles. The second-order valence-corrected chi connectivity index (χ2v) is 7.41. The first kappa shape index (κ1) is 24.5. The van der Waals surface area contributed by atoms with Crippen molar-refractivity contribution >= 4 is 41.7 Å². The van der Waals surface area contributed by atoms with E-state index in [2.05, 4.69) is 51.8 Å². The zero-order chi connectivity index (χ0) is 19.3. The van der Waals surface area contributed by atoms with Crippen molar-refractivity contribution < 1.29 is 9.47 Å². The van der Waals surface area contributed by atoms with Crippen molar-refractivity contribution in [3.05, 3.63) is 54.2 Å². The number of nitrogens with one attached hydrogen (secondary N) is 2. The summed E-state index contributed by atoms with van der Waals surface area (Å²) in [4.78, 5) is 9.84. The molecule has 2 N–H and O–H groups in total. The molecule has 2 aromatic rings. The number of pyridine rings is 1. The maximum Gasteiger partial charge on any atom is 0.213 e. The van der Waals surface area contributed by atoms with Crippen molar-refractivity contribution in [3.63, 3.8) is 0 Å². The summed E-state index contributed by atoms with van der Waals surface area (Å²) in [5, 5.41) is 7.10. The van der Waals surface area contributed by atoms with E-state index in [0.717, 1.165) is 18.1 Å². The average Bonchev–Trinajstić information content (AvgIpc) is 2.70. The van der Waals surface area contributed by atoms with Gasteiger partial charge in [-0.15, -0.1) is 35.7 Å². The number of benzene rings is 1. The van der Waals surface area contributed by atoms with Crippen LogP contribution in [-0.2, 0) is 11.3 Å². The van der Waals surface area contributed by atoms with E-state index in [0.29, 0.717) is 30.9 Å². The summed E-state index contributed by atoms with van der Waals surface area (Å²) < 4.78 is 10.4. The van der Waals surface area contributed by atoms with Gasteiger partial charge in [0.2, 0.25) is 5.88 Å². The standard InChI is InChI=1S/C20H28N4O2S.HI/c1-16(27-18-7-5-4-6-8-18)13-23-20(21-2)24-15-17-9-10-19(22-14-17)26-12-11-25-3;/h4-10,14,16H,11-13,15H2,1-3H3,(H2,21,23,24);1H. The topological polar surface area (TPSA) is 67.8 Å². The number of methoxy groups -OCH3 is 1. The van der Waals surface area contributed by atoms with Crippen LogP contribution in [0.25, 0.3) is 0 Å². The van der Waals surface area contributed by atoms with Gasteiger partial charge in [-0.05, 0) is 17.7 Å². The minimum Gasteiger partial charge on any atom is -0.475 e. The largest absolute Gasteiger partial charge is 0.475 e. The molecule has 0 aliphatic heterocycles. The Labute approximate surface area is 188 Å². The minimum atomic E-state index is 0. The van der Waals surface area contributed by atoms with Gasteiger partial charge in [-0.25, -0.2) is 4.98 Å². The lowest BCUT2D eigenvalue weighted by Gasteiger charge is -2.16. The summed E-state index contributed by atoms with van der Waals surface area (Å²) in [5.74, 6) is 1.38. The molecular formula is C20H29IN4O2S. The van der Waals surface area contributed by atoms with Gasteiger partial charge < -0.3 is 20.1 Å². The predicted octanol–water partition coefficient (Wildman–Crippen LogP) is 3.57. The lowest BCUT2D eigenvalue weighted by Crippen LogP contribution is -2.39. The molecule has 0 spiro atoms. The fourth-order valence-corrected chi connectivity index (χ4v) is 3.20. The molecule has 8 heteroatoms. The van der Waals surface area contributed by atoms with Gasteiger partial charge in [0.25, 0.3) is 0 Å². The lowest BCUT2D eigenvalue weighted by molar-refractivity contribution is 0.143. The molecule has 1 aromatic carbocycles. The van der Waals surface area contributed by atoms with Crippen LogP contribution in [0, 0.1) is 0 Å². The van der Waals surface area contributed by atoms with Gasteiger partial charge in [0, 0.05) is 49.7 Å². The van der Waals surface area contributed by atoms with Crippen molar-refractivity contribution in [2.24, 2.45) is 4.99 Å². The third-order valence-corrected chi connectivity index (χ3v) is 4.77. The fourth-order valence-electron chi connectivity index (χ4n) is 2.25. The Morgan fingerprint density at radius 2 is 1.93 bits per heavy atom. The molecule has 28 heavy (non-hydrogen) atoms. The first-order valence-corrected chi connectivity index (χ1v) is 9.82. The molecule has 1 heterocycles.